The van der Waals surface area contributed by atoms with E-state index in [0.29, 0.717) is 19.5 Å². The number of carbonyl (C=O) groups excluding carboxylic acids is 3. The minimum atomic E-state index is -0.388. The standard InChI is InChI=1S/C23H36N4O2S.C7H13.C6H11NO.CH3.Y/c1-15(10-11-16(2)19-17(3)26-14-30-19)13-25-21(28)18-9-8-12-27(18)22(29)20(24-7)23(4,5)6;1-7-5-3-2-4-6-7;1-7(2)6(5-8)3-4-6;;/h10-11,14,18,20,24H,8-9,12-13H2,1-7H3,(H,25,28);2,7H,3-6H2,1H3;5H,3-4H2,1-2H3;1H3;/q;-1;;-1;/b15-10+,16-11+;;;;/t18-,20+;;;;/m0..../s1. The molecule has 265 valence electrons. The van der Waals surface area contributed by atoms with E-state index >= 15 is 0 Å². The van der Waals surface area contributed by atoms with Crippen molar-refractivity contribution in [3.63, 3.8) is 0 Å². The number of likely N-dealkylation sites (N-methyl/N-ethyl adjacent to an activating group) is 2. The Balaban J connectivity index is 0.00000101. The zero-order chi connectivity index (χ0) is 33.8. The van der Waals surface area contributed by atoms with Crippen LogP contribution in [0, 0.1) is 32.1 Å². The largest absolute Gasteiger partial charge is 0.358 e. The van der Waals surface area contributed by atoms with E-state index in [1.807, 2.05) is 65.2 Å². The molecule has 3 aliphatic rings. The van der Waals surface area contributed by atoms with Gasteiger partial charge in [0.25, 0.3) is 0 Å². The van der Waals surface area contributed by atoms with Gasteiger partial charge in [0.2, 0.25) is 11.8 Å². The molecule has 1 radical (unpaired) electrons. The molecule has 1 aromatic heterocycles. The molecular formula is C37H63N5O3SY-2. The third-order valence-electron chi connectivity index (χ3n) is 9.10. The van der Waals surface area contributed by atoms with E-state index < -0.39 is 0 Å². The van der Waals surface area contributed by atoms with E-state index in [1.165, 1.54) is 30.6 Å². The summed E-state index contributed by atoms with van der Waals surface area (Å²) < 4.78 is 0. The average Bonchev–Trinajstić information content (AvgIpc) is 3.43. The van der Waals surface area contributed by atoms with E-state index in [2.05, 4.69) is 42.0 Å². The molecule has 1 saturated heterocycles. The summed E-state index contributed by atoms with van der Waals surface area (Å²) in [5, 5.41) is 6.14. The maximum Gasteiger partial charge on any atom is 0.243 e. The van der Waals surface area contributed by atoms with Gasteiger partial charge >= 0.3 is 0 Å². The fourth-order valence-corrected chi connectivity index (χ4v) is 6.51. The second-order valence-corrected chi connectivity index (χ2v) is 15.1. The molecule has 3 fully saturated rings. The Bertz CT molecular complexity index is 1160. The first-order valence-corrected chi connectivity index (χ1v) is 17.5. The van der Waals surface area contributed by atoms with Crippen molar-refractivity contribution in [1.29, 1.82) is 0 Å². The summed E-state index contributed by atoms with van der Waals surface area (Å²) in [7, 11) is 5.69. The molecule has 47 heavy (non-hydrogen) atoms. The van der Waals surface area contributed by atoms with E-state index in [-0.39, 0.29) is 75.0 Å². The predicted octanol–water partition coefficient (Wildman–Crippen LogP) is 6.67. The molecule has 1 aromatic rings. The molecule has 0 unspecified atom stereocenters. The van der Waals surface area contributed by atoms with Gasteiger partial charge in [-0.25, -0.2) is 4.98 Å². The van der Waals surface area contributed by atoms with Crippen LogP contribution in [-0.2, 0) is 47.1 Å². The van der Waals surface area contributed by atoms with Crippen molar-refractivity contribution in [3.8, 4) is 0 Å². The predicted molar refractivity (Wildman–Crippen MR) is 194 cm³/mol. The summed E-state index contributed by atoms with van der Waals surface area (Å²) >= 11 is 1.63. The van der Waals surface area contributed by atoms with Gasteiger partial charge in [-0.1, -0.05) is 58.3 Å². The molecule has 2 N–H and O–H groups in total. The smallest absolute Gasteiger partial charge is 0.243 e. The molecule has 2 atom stereocenters. The first-order chi connectivity index (χ1) is 21.2. The van der Waals surface area contributed by atoms with Crippen LogP contribution in [-0.4, -0.2) is 84.7 Å². The number of nitrogens with one attached hydrogen (secondary N) is 2. The zero-order valence-electron chi connectivity index (χ0n) is 31.2. The van der Waals surface area contributed by atoms with Crippen molar-refractivity contribution in [2.24, 2.45) is 11.3 Å². The van der Waals surface area contributed by atoms with Crippen LogP contribution in [0.3, 0.4) is 0 Å². The number of carbonyl (C=O) groups is 3. The van der Waals surface area contributed by atoms with Gasteiger partial charge in [0.05, 0.1) is 27.7 Å². The minimum Gasteiger partial charge on any atom is -0.358 e. The Hall–Kier alpha value is -1.26. The van der Waals surface area contributed by atoms with Gasteiger partial charge in [-0.15, -0.1) is 11.3 Å². The minimum absolute atomic E-state index is 0. The maximum atomic E-state index is 13.1. The second-order valence-electron chi connectivity index (χ2n) is 14.3. The van der Waals surface area contributed by atoms with Crippen molar-refractivity contribution in [1.82, 2.24) is 25.4 Å². The normalized spacial score (nSPS) is 20.0. The average molecular weight is 747 g/mol. The molecule has 0 bridgehead atoms. The van der Waals surface area contributed by atoms with Crippen molar-refractivity contribution in [3.05, 3.63) is 47.7 Å². The molecule has 2 heterocycles. The van der Waals surface area contributed by atoms with Gasteiger partial charge < -0.3 is 34.2 Å². The van der Waals surface area contributed by atoms with Crippen LogP contribution in [0.1, 0.15) is 103 Å². The van der Waals surface area contributed by atoms with Crippen LogP contribution in [0.2, 0.25) is 0 Å². The van der Waals surface area contributed by atoms with Crippen molar-refractivity contribution in [2.75, 3.05) is 34.2 Å². The Morgan fingerprint density at radius 2 is 1.79 bits per heavy atom. The van der Waals surface area contributed by atoms with Crippen molar-refractivity contribution >= 4 is 35.0 Å². The number of amides is 2. The quantitative estimate of drug-likeness (QED) is 0.167. The molecule has 10 heteroatoms. The van der Waals surface area contributed by atoms with Gasteiger partial charge in [0, 0.05) is 45.8 Å². The summed E-state index contributed by atoms with van der Waals surface area (Å²) in [6, 6.07) is -0.698. The summed E-state index contributed by atoms with van der Waals surface area (Å²) in [4.78, 5) is 45.4. The van der Waals surface area contributed by atoms with Gasteiger partial charge in [0.15, 0.2) is 0 Å². The van der Waals surface area contributed by atoms with Crippen LogP contribution in [0.5, 0.6) is 0 Å². The summed E-state index contributed by atoms with van der Waals surface area (Å²) in [6.07, 6.45) is 16.8. The molecule has 2 aliphatic carbocycles. The number of hydrogen-bond donors (Lipinski definition) is 2. The maximum absolute atomic E-state index is 13.1. The van der Waals surface area contributed by atoms with Gasteiger partial charge in [-0.3, -0.25) is 14.5 Å². The number of nitrogens with zero attached hydrogens (tertiary/aromatic N) is 3. The first-order valence-electron chi connectivity index (χ1n) is 16.6. The zero-order valence-corrected chi connectivity index (χ0v) is 34.9. The van der Waals surface area contributed by atoms with E-state index in [4.69, 9.17) is 0 Å². The van der Waals surface area contributed by atoms with Crippen molar-refractivity contribution in [2.45, 2.75) is 117 Å². The molecule has 8 nitrogen and oxygen atoms in total. The molecule has 0 spiro atoms. The number of aryl methyl sites for hydroxylation is 1. The van der Waals surface area contributed by atoms with Crippen LogP contribution in [0.4, 0.5) is 0 Å². The Labute approximate surface area is 316 Å². The molecule has 1 aliphatic heterocycles. The van der Waals surface area contributed by atoms with Gasteiger partial charge in [-0.2, -0.15) is 12.8 Å². The van der Waals surface area contributed by atoms with Crippen molar-refractivity contribution < 1.29 is 47.1 Å². The topological polar surface area (TPSA) is 94.6 Å². The Kier molecular flexibility index (Phi) is 21.2. The number of thiazole rings is 1. The van der Waals surface area contributed by atoms with Crippen LogP contribution < -0.4 is 10.6 Å². The number of hydrogen-bond acceptors (Lipinski definition) is 7. The van der Waals surface area contributed by atoms with Crippen LogP contribution in [0.15, 0.2) is 23.2 Å². The van der Waals surface area contributed by atoms with Crippen LogP contribution >= 0.6 is 11.3 Å². The summed E-state index contributed by atoms with van der Waals surface area (Å²) in [6.45, 7) is 15.6. The van der Waals surface area contributed by atoms with E-state index in [1.54, 1.807) is 23.3 Å². The summed E-state index contributed by atoms with van der Waals surface area (Å²) in [5.74, 6) is 0.940. The van der Waals surface area contributed by atoms with Gasteiger partial charge in [-0.05, 0) is 84.5 Å². The fraction of sp³-hybridized carbons (Fsp3) is 0.676. The molecular weight excluding hydrogens is 683 g/mol. The molecule has 2 amide bonds. The monoisotopic (exact) mass is 746 g/mol. The number of aromatic nitrogens is 1. The third kappa shape index (κ3) is 14.6. The number of likely N-dealkylation sites (tertiary alicyclic amines) is 1. The number of allylic oxidation sites excluding steroid dienone is 3. The third-order valence-corrected chi connectivity index (χ3v) is 10.2. The number of aldehydes is 1. The molecule has 2 saturated carbocycles. The Morgan fingerprint density at radius 1 is 1.17 bits per heavy atom. The Morgan fingerprint density at radius 3 is 2.19 bits per heavy atom. The van der Waals surface area contributed by atoms with E-state index in [9.17, 15) is 14.4 Å². The first kappa shape index (κ1) is 45.7. The number of rotatable bonds is 9. The summed E-state index contributed by atoms with van der Waals surface area (Å²) in [5.41, 5.74) is 4.84. The SMILES string of the molecule is CC1CC[CH-]CC1.CN(C)C1(C=O)CC1.CN[C@H](C(=O)N1CCC[C@H]1C(=O)NC/C(C)=C/C=C(\C)c1scnc1C)C(C)(C)C.[CH3-].[Y]. The second kappa shape index (κ2) is 21.7. The van der Waals surface area contributed by atoms with E-state index in [0.717, 1.165) is 48.3 Å². The molecule has 0 aromatic carbocycles. The van der Waals surface area contributed by atoms with Crippen LogP contribution in [0.25, 0.3) is 5.57 Å². The molecule has 4 rings (SSSR count). The van der Waals surface area contributed by atoms with Gasteiger partial charge in [0.1, 0.15) is 12.3 Å². The fourth-order valence-electron chi connectivity index (χ4n) is 5.71.